The van der Waals surface area contributed by atoms with E-state index in [9.17, 15) is 10.1 Å². The molecular weight excluding hydrogens is 244 g/mol. The fourth-order valence-electron chi connectivity index (χ4n) is 1.86. The SMILES string of the molecule is [3H]C1NC([3H])C([3H])N(c2ccc3cc([N+](=O)[O-])ccc3n2)C1[3H]. The molecule has 4 atom stereocenters. The van der Waals surface area contributed by atoms with Crippen LogP contribution in [0.1, 0.15) is 5.48 Å². The lowest BCUT2D eigenvalue weighted by Crippen LogP contribution is -2.43. The Kier molecular flexibility index (Phi) is 2.04. The summed E-state index contributed by atoms with van der Waals surface area (Å²) in [6.45, 7) is -4.17. The lowest BCUT2D eigenvalue weighted by Gasteiger charge is -2.28. The minimum atomic E-state index is -1.07. The number of aromatic nitrogens is 1. The van der Waals surface area contributed by atoms with Crippen molar-refractivity contribution in [2.24, 2.45) is 0 Å². The van der Waals surface area contributed by atoms with Crippen molar-refractivity contribution in [1.82, 2.24) is 10.3 Å². The van der Waals surface area contributed by atoms with Crippen molar-refractivity contribution in [1.29, 1.82) is 0 Å². The van der Waals surface area contributed by atoms with Crippen molar-refractivity contribution in [2.75, 3.05) is 31.0 Å². The maximum Gasteiger partial charge on any atom is 0.270 e. The van der Waals surface area contributed by atoms with E-state index in [1.807, 2.05) is 0 Å². The Morgan fingerprint density at radius 2 is 2.11 bits per heavy atom. The van der Waals surface area contributed by atoms with Gasteiger partial charge in [0.25, 0.3) is 5.69 Å². The summed E-state index contributed by atoms with van der Waals surface area (Å²) in [5.41, 5.74) is 0.456. The predicted molar refractivity (Wildman–Crippen MR) is 73.5 cm³/mol. The van der Waals surface area contributed by atoms with Gasteiger partial charge in [-0.25, -0.2) is 4.98 Å². The van der Waals surface area contributed by atoms with Gasteiger partial charge in [-0.1, -0.05) is 0 Å². The minimum Gasteiger partial charge on any atom is -0.354 e. The maximum atomic E-state index is 10.8. The van der Waals surface area contributed by atoms with Crippen LogP contribution in [0, 0.1) is 10.1 Å². The Hall–Kier alpha value is -2.21. The molecule has 1 aliphatic heterocycles. The predicted octanol–water partition coefficient (Wildman–Crippen LogP) is 1.55. The van der Waals surface area contributed by atoms with Gasteiger partial charge in [-0.05, 0) is 18.2 Å². The largest absolute Gasteiger partial charge is 0.354 e. The molecule has 0 bridgehead atoms. The molecule has 1 aliphatic rings. The average Bonchev–Trinajstić information content (AvgIpc) is 2.52. The molecule has 0 saturated carbocycles. The van der Waals surface area contributed by atoms with E-state index in [4.69, 9.17) is 5.48 Å². The van der Waals surface area contributed by atoms with Gasteiger partial charge in [0.2, 0.25) is 0 Å². The van der Waals surface area contributed by atoms with Gasteiger partial charge in [0.05, 0.1) is 13.2 Å². The Balaban J connectivity index is 2.02. The van der Waals surface area contributed by atoms with E-state index in [0.717, 1.165) is 0 Å². The van der Waals surface area contributed by atoms with E-state index in [1.54, 1.807) is 12.1 Å². The number of fused-ring (bicyclic) bond motifs is 1. The summed E-state index contributed by atoms with van der Waals surface area (Å²) in [4.78, 5) is 15.9. The summed E-state index contributed by atoms with van der Waals surface area (Å²) < 4.78 is 31.6. The second kappa shape index (κ2) is 4.81. The lowest BCUT2D eigenvalue weighted by molar-refractivity contribution is -0.384. The van der Waals surface area contributed by atoms with Crippen LogP contribution in [0.5, 0.6) is 0 Å². The number of nitrogens with zero attached hydrogens (tertiary/aromatic N) is 3. The zero-order chi connectivity index (χ0) is 16.7. The molecule has 2 heterocycles. The molecule has 1 aromatic carbocycles. The Bertz CT molecular complexity index is 748. The van der Waals surface area contributed by atoms with E-state index in [2.05, 4.69) is 10.3 Å². The number of non-ortho nitro benzene ring substituents is 1. The Morgan fingerprint density at radius 3 is 2.84 bits per heavy atom. The van der Waals surface area contributed by atoms with Gasteiger partial charge in [-0.3, -0.25) is 10.1 Å². The van der Waals surface area contributed by atoms with Crippen molar-refractivity contribution in [2.45, 2.75) is 0 Å². The highest BCUT2D eigenvalue weighted by Crippen LogP contribution is 2.22. The molecule has 3 rings (SSSR count). The van der Waals surface area contributed by atoms with Gasteiger partial charge in [0, 0.05) is 46.3 Å². The molecule has 6 heteroatoms. The van der Waals surface area contributed by atoms with E-state index >= 15 is 0 Å². The van der Waals surface area contributed by atoms with Gasteiger partial charge in [0.1, 0.15) is 5.82 Å². The van der Waals surface area contributed by atoms with Crippen LogP contribution in [-0.2, 0) is 0 Å². The standard InChI is InChI=1S/C13H14N4O2/c18-17(19)11-2-3-12-10(9-11)1-4-13(15-12)16-7-5-14-6-8-16/h1-4,9,14H,5-8H2/i5T,6T,7T,8T. The first-order chi connectivity index (χ1) is 10.9. The fraction of sp³-hybridized carbons (Fsp3) is 0.308. The van der Waals surface area contributed by atoms with Crippen LogP contribution in [0.3, 0.4) is 0 Å². The molecule has 1 fully saturated rings. The number of anilines is 1. The van der Waals surface area contributed by atoms with Crippen LogP contribution in [0.25, 0.3) is 10.9 Å². The highest BCUT2D eigenvalue weighted by atomic mass is 16.6. The molecule has 0 aliphatic carbocycles. The minimum absolute atomic E-state index is 0.0385. The van der Waals surface area contributed by atoms with E-state index in [-0.39, 0.29) is 5.69 Å². The fourth-order valence-corrected chi connectivity index (χ4v) is 1.86. The highest BCUT2D eigenvalue weighted by Gasteiger charge is 2.13. The normalized spacial score (nSPS) is 34.2. The zero-order valence-electron chi connectivity index (χ0n) is 13.9. The number of hydrogen-bond donors (Lipinski definition) is 1. The van der Waals surface area contributed by atoms with Crippen LogP contribution >= 0.6 is 0 Å². The lowest BCUT2D eigenvalue weighted by atomic mass is 10.2. The Morgan fingerprint density at radius 1 is 1.32 bits per heavy atom. The van der Waals surface area contributed by atoms with E-state index in [1.165, 1.54) is 23.1 Å². The van der Waals surface area contributed by atoms with Crippen LogP contribution in [0.2, 0.25) is 0 Å². The first-order valence-electron chi connectivity index (χ1n) is 7.98. The van der Waals surface area contributed by atoms with Crippen molar-refractivity contribution in [3.63, 3.8) is 0 Å². The zero-order valence-corrected chi connectivity index (χ0v) is 9.85. The van der Waals surface area contributed by atoms with Crippen LogP contribution in [0.4, 0.5) is 11.5 Å². The second-order valence-electron chi connectivity index (χ2n) is 4.01. The highest BCUT2D eigenvalue weighted by molar-refractivity contribution is 5.82. The van der Waals surface area contributed by atoms with Crippen LogP contribution < -0.4 is 10.2 Å². The van der Waals surface area contributed by atoms with Crippen molar-refractivity contribution in [3.05, 3.63) is 40.4 Å². The molecule has 1 N–H and O–H groups in total. The quantitative estimate of drug-likeness (QED) is 0.659. The van der Waals surface area contributed by atoms with Crippen LogP contribution in [0.15, 0.2) is 30.3 Å². The maximum absolute atomic E-state index is 10.8. The van der Waals surface area contributed by atoms with Gasteiger partial charge in [-0.2, -0.15) is 0 Å². The van der Waals surface area contributed by atoms with E-state index in [0.29, 0.717) is 16.7 Å². The first kappa shape index (κ1) is 8.06. The van der Waals surface area contributed by atoms with Crippen molar-refractivity contribution >= 4 is 22.4 Å². The topological polar surface area (TPSA) is 71.3 Å². The number of benzene rings is 1. The van der Waals surface area contributed by atoms with Crippen LogP contribution in [-0.4, -0.2) is 36.0 Å². The number of hydrogen-bond acceptors (Lipinski definition) is 5. The Labute approximate surface area is 115 Å². The molecule has 0 amide bonds. The van der Waals surface area contributed by atoms with Gasteiger partial charge < -0.3 is 10.2 Å². The molecule has 6 nitrogen and oxygen atoms in total. The van der Waals surface area contributed by atoms with Crippen molar-refractivity contribution in [3.8, 4) is 0 Å². The molecule has 98 valence electrons. The number of pyridine rings is 1. The number of rotatable bonds is 2. The first-order valence-corrected chi connectivity index (χ1v) is 5.67. The van der Waals surface area contributed by atoms with Gasteiger partial charge in [-0.15, -0.1) is 0 Å². The number of nitro groups is 1. The monoisotopic (exact) mass is 266 g/mol. The summed E-state index contributed by atoms with van der Waals surface area (Å²) in [5.74, 6) is 0.308. The number of piperazine rings is 1. The number of nitro benzene ring substituents is 1. The summed E-state index contributed by atoms with van der Waals surface area (Å²) in [7, 11) is 0. The summed E-state index contributed by atoms with van der Waals surface area (Å²) in [6.07, 6.45) is 0. The smallest absolute Gasteiger partial charge is 0.270 e. The summed E-state index contributed by atoms with van der Waals surface area (Å²) in [6, 6.07) is 7.44. The molecule has 2 aromatic rings. The second-order valence-corrected chi connectivity index (χ2v) is 4.01. The third-order valence-electron chi connectivity index (χ3n) is 2.80. The summed E-state index contributed by atoms with van der Waals surface area (Å²) >= 11 is 0. The summed E-state index contributed by atoms with van der Waals surface area (Å²) in [5, 5.41) is 13.9. The van der Waals surface area contributed by atoms with Gasteiger partial charge in [0.15, 0.2) is 0 Å². The average molecular weight is 266 g/mol. The van der Waals surface area contributed by atoms with Gasteiger partial charge >= 0.3 is 0 Å². The third-order valence-corrected chi connectivity index (χ3v) is 2.80. The molecule has 19 heavy (non-hydrogen) atoms. The molecule has 0 spiro atoms. The number of nitrogens with one attached hydrogen (secondary N) is 1. The van der Waals surface area contributed by atoms with E-state index < -0.39 is 31.0 Å². The molecule has 1 aromatic heterocycles. The molecular formula is C13H14N4O2. The molecule has 4 unspecified atom stereocenters. The molecule has 1 saturated heterocycles. The third kappa shape index (κ3) is 2.34. The molecule has 0 radical (unpaired) electrons. The van der Waals surface area contributed by atoms with Crippen molar-refractivity contribution < 1.29 is 10.4 Å².